The molecule has 0 atom stereocenters. The molecule has 4 N–H and O–H groups in total. The molecule has 104 valence electrons. The molecule has 0 saturated heterocycles. The van der Waals surface area contributed by atoms with Crippen LogP contribution in [-0.4, -0.2) is 11.0 Å². The van der Waals surface area contributed by atoms with Gasteiger partial charge in [0.2, 0.25) is 5.91 Å². The second-order valence-corrected chi connectivity index (χ2v) is 4.62. The van der Waals surface area contributed by atoms with Crippen molar-refractivity contribution in [3.8, 4) is 5.75 Å². The van der Waals surface area contributed by atoms with Gasteiger partial charge in [-0.2, -0.15) is 0 Å². The van der Waals surface area contributed by atoms with Crippen molar-refractivity contribution in [2.75, 3.05) is 5.32 Å². The van der Waals surface area contributed by atoms with E-state index in [0.29, 0.717) is 10.6 Å². The van der Waals surface area contributed by atoms with Gasteiger partial charge in [0, 0.05) is 22.7 Å². The van der Waals surface area contributed by atoms with Gasteiger partial charge in [-0.1, -0.05) is 11.6 Å². The standard InChI is InChI=1S/C14H12ClFN2O2/c15-10-2-4-13(19)9(5-10)7-18-12-6-8(14(17)20)1-3-11(12)16/h1-6,18-19H,7H2,(H2,17,20). The van der Waals surface area contributed by atoms with E-state index >= 15 is 0 Å². The summed E-state index contributed by atoms with van der Waals surface area (Å²) in [5.41, 5.74) is 5.98. The number of nitrogens with two attached hydrogens (primary N) is 1. The number of aromatic hydroxyl groups is 1. The molecule has 2 aromatic carbocycles. The van der Waals surface area contributed by atoms with E-state index < -0.39 is 11.7 Å². The van der Waals surface area contributed by atoms with Gasteiger partial charge in [0.05, 0.1) is 5.69 Å². The molecule has 1 amide bonds. The van der Waals surface area contributed by atoms with Crippen LogP contribution in [0, 0.1) is 5.82 Å². The van der Waals surface area contributed by atoms with Crippen LogP contribution in [0.5, 0.6) is 5.75 Å². The van der Waals surface area contributed by atoms with Crippen LogP contribution < -0.4 is 11.1 Å². The van der Waals surface area contributed by atoms with Crippen molar-refractivity contribution >= 4 is 23.2 Å². The first-order valence-corrected chi connectivity index (χ1v) is 6.16. The lowest BCUT2D eigenvalue weighted by Gasteiger charge is -2.10. The maximum absolute atomic E-state index is 13.6. The Bertz CT molecular complexity index is 662. The highest BCUT2D eigenvalue weighted by atomic mass is 35.5. The first-order chi connectivity index (χ1) is 9.47. The Balaban J connectivity index is 2.20. The molecule has 0 heterocycles. The summed E-state index contributed by atoms with van der Waals surface area (Å²) >= 11 is 5.82. The number of anilines is 1. The number of nitrogens with one attached hydrogen (secondary N) is 1. The van der Waals surface area contributed by atoms with Crippen molar-refractivity contribution < 1.29 is 14.3 Å². The van der Waals surface area contributed by atoms with Gasteiger partial charge < -0.3 is 16.2 Å². The highest BCUT2D eigenvalue weighted by Gasteiger charge is 2.08. The lowest BCUT2D eigenvalue weighted by atomic mass is 10.1. The summed E-state index contributed by atoms with van der Waals surface area (Å²) < 4.78 is 13.6. The Morgan fingerprint density at radius 3 is 2.75 bits per heavy atom. The van der Waals surface area contributed by atoms with E-state index in [0.717, 1.165) is 6.07 Å². The lowest BCUT2D eigenvalue weighted by Crippen LogP contribution is -2.12. The van der Waals surface area contributed by atoms with Gasteiger partial charge in [-0.3, -0.25) is 4.79 Å². The zero-order chi connectivity index (χ0) is 14.7. The molecule has 6 heteroatoms. The second-order valence-electron chi connectivity index (χ2n) is 4.19. The summed E-state index contributed by atoms with van der Waals surface area (Å²) in [5.74, 6) is -1.11. The molecule has 0 spiro atoms. The monoisotopic (exact) mass is 294 g/mol. The number of primary amides is 1. The molecule has 4 nitrogen and oxygen atoms in total. The van der Waals surface area contributed by atoms with E-state index in [-0.39, 0.29) is 23.5 Å². The number of hydrogen-bond donors (Lipinski definition) is 3. The number of phenols is 1. The summed E-state index contributed by atoms with van der Waals surface area (Å²) in [5, 5.41) is 12.9. The fraction of sp³-hybridized carbons (Fsp3) is 0.0714. The number of carbonyl (C=O) groups is 1. The Morgan fingerprint density at radius 2 is 2.05 bits per heavy atom. The third kappa shape index (κ3) is 3.19. The van der Waals surface area contributed by atoms with E-state index in [1.807, 2.05) is 0 Å². The topological polar surface area (TPSA) is 75.4 Å². The zero-order valence-corrected chi connectivity index (χ0v) is 11.1. The maximum Gasteiger partial charge on any atom is 0.248 e. The molecule has 0 bridgehead atoms. The predicted octanol–water partition coefficient (Wildman–Crippen LogP) is 2.90. The Kier molecular flexibility index (Phi) is 4.10. The Hall–Kier alpha value is -2.27. The second kappa shape index (κ2) is 5.79. The van der Waals surface area contributed by atoms with Gasteiger partial charge >= 0.3 is 0 Å². The highest BCUT2D eigenvalue weighted by Crippen LogP contribution is 2.23. The van der Waals surface area contributed by atoms with Crippen molar-refractivity contribution in [3.63, 3.8) is 0 Å². The molecule has 0 radical (unpaired) electrons. The molecular formula is C14H12ClFN2O2. The molecular weight excluding hydrogens is 283 g/mol. The normalized spacial score (nSPS) is 10.3. The van der Waals surface area contributed by atoms with Crippen LogP contribution in [0.25, 0.3) is 0 Å². The summed E-state index contributed by atoms with van der Waals surface area (Å²) in [4.78, 5) is 11.1. The first-order valence-electron chi connectivity index (χ1n) is 5.78. The van der Waals surface area contributed by atoms with Crippen molar-refractivity contribution in [2.45, 2.75) is 6.54 Å². The number of phenolic OH excluding ortho intramolecular Hbond substituents is 1. The Morgan fingerprint density at radius 1 is 1.30 bits per heavy atom. The molecule has 0 unspecified atom stereocenters. The maximum atomic E-state index is 13.6. The lowest BCUT2D eigenvalue weighted by molar-refractivity contribution is 0.100. The van der Waals surface area contributed by atoms with Gasteiger partial charge in [0.25, 0.3) is 0 Å². The summed E-state index contributed by atoms with van der Waals surface area (Å²) in [6.07, 6.45) is 0. The van der Waals surface area contributed by atoms with Crippen LogP contribution in [0.1, 0.15) is 15.9 Å². The van der Waals surface area contributed by atoms with Crippen molar-refractivity contribution in [2.24, 2.45) is 5.73 Å². The number of hydrogen-bond acceptors (Lipinski definition) is 3. The summed E-state index contributed by atoms with van der Waals surface area (Å²) in [6, 6.07) is 8.35. The van der Waals surface area contributed by atoms with Crippen LogP contribution in [0.3, 0.4) is 0 Å². The van der Waals surface area contributed by atoms with Crippen LogP contribution >= 0.6 is 11.6 Å². The van der Waals surface area contributed by atoms with E-state index in [1.165, 1.54) is 18.2 Å². The number of amides is 1. The van der Waals surface area contributed by atoms with Crippen LogP contribution in [0.4, 0.5) is 10.1 Å². The third-order valence-corrected chi connectivity index (χ3v) is 3.00. The van der Waals surface area contributed by atoms with Crippen LogP contribution in [0.15, 0.2) is 36.4 Å². The molecule has 0 fully saturated rings. The van der Waals surface area contributed by atoms with Gasteiger partial charge in [-0.25, -0.2) is 4.39 Å². The minimum atomic E-state index is -0.640. The van der Waals surface area contributed by atoms with Crippen LogP contribution in [0.2, 0.25) is 5.02 Å². The number of halogens is 2. The van der Waals surface area contributed by atoms with Gasteiger partial charge in [-0.15, -0.1) is 0 Å². The molecule has 0 saturated carbocycles. The molecule has 20 heavy (non-hydrogen) atoms. The molecule has 2 aromatic rings. The molecule has 2 rings (SSSR count). The first kappa shape index (κ1) is 14.1. The predicted molar refractivity (Wildman–Crippen MR) is 75.4 cm³/mol. The third-order valence-electron chi connectivity index (χ3n) is 2.76. The largest absolute Gasteiger partial charge is 0.508 e. The average Bonchev–Trinajstić information content (AvgIpc) is 2.41. The molecule has 0 aromatic heterocycles. The van der Waals surface area contributed by atoms with Crippen molar-refractivity contribution in [1.29, 1.82) is 0 Å². The quantitative estimate of drug-likeness (QED) is 0.811. The van der Waals surface area contributed by atoms with Crippen LogP contribution in [-0.2, 0) is 6.54 Å². The fourth-order valence-electron chi connectivity index (χ4n) is 1.70. The number of carbonyl (C=O) groups excluding carboxylic acids is 1. The minimum absolute atomic E-state index is 0.0494. The van der Waals surface area contributed by atoms with Crippen molar-refractivity contribution in [1.82, 2.24) is 0 Å². The fourth-order valence-corrected chi connectivity index (χ4v) is 1.89. The highest BCUT2D eigenvalue weighted by molar-refractivity contribution is 6.30. The number of rotatable bonds is 4. The average molecular weight is 295 g/mol. The van der Waals surface area contributed by atoms with E-state index in [1.54, 1.807) is 12.1 Å². The van der Waals surface area contributed by atoms with Gasteiger partial charge in [0.15, 0.2) is 0 Å². The van der Waals surface area contributed by atoms with Crippen molar-refractivity contribution in [3.05, 3.63) is 58.4 Å². The van der Waals surface area contributed by atoms with E-state index in [4.69, 9.17) is 17.3 Å². The van der Waals surface area contributed by atoms with Gasteiger partial charge in [-0.05, 0) is 36.4 Å². The smallest absolute Gasteiger partial charge is 0.248 e. The zero-order valence-electron chi connectivity index (χ0n) is 10.4. The molecule has 0 aliphatic rings. The summed E-state index contributed by atoms with van der Waals surface area (Å²) in [7, 11) is 0. The Labute approximate surface area is 120 Å². The van der Waals surface area contributed by atoms with E-state index in [2.05, 4.69) is 5.32 Å². The minimum Gasteiger partial charge on any atom is -0.508 e. The molecule has 0 aliphatic heterocycles. The van der Waals surface area contributed by atoms with Gasteiger partial charge in [0.1, 0.15) is 11.6 Å². The molecule has 0 aliphatic carbocycles. The SMILES string of the molecule is NC(=O)c1ccc(F)c(NCc2cc(Cl)ccc2O)c1. The van der Waals surface area contributed by atoms with E-state index in [9.17, 15) is 14.3 Å². The number of benzene rings is 2. The summed E-state index contributed by atoms with van der Waals surface area (Å²) in [6.45, 7) is 0.158.